The highest BCUT2D eigenvalue weighted by molar-refractivity contribution is 9.39. The van der Waals surface area contributed by atoms with Gasteiger partial charge in [-0.15, -0.1) is 0 Å². The number of halogens is 4. The largest absolute Gasteiger partial charge is 0.442 e. The van der Waals surface area contributed by atoms with E-state index < -0.39 is 26.8 Å². The lowest BCUT2D eigenvalue weighted by Gasteiger charge is -2.44. The van der Waals surface area contributed by atoms with Gasteiger partial charge in [0.05, 0.1) is 19.6 Å². The highest BCUT2D eigenvalue weighted by atomic mass is 80.0. The third-order valence-electron chi connectivity index (χ3n) is 5.21. The van der Waals surface area contributed by atoms with Gasteiger partial charge in [-0.25, -0.2) is 14.1 Å². The zero-order valence-corrected chi connectivity index (χ0v) is 21.9. The second kappa shape index (κ2) is 10.7. The number of rotatable bonds is 7. The van der Waals surface area contributed by atoms with Gasteiger partial charge in [0.15, 0.2) is 8.44 Å². The van der Waals surface area contributed by atoms with Gasteiger partial charge >= 0.3 is 6.09 Å². The summed E-state index contributed by atoms with van der Waals surface area (Å²) >= 11 is 10.1. The predicted octanol–water partition coefficient (Wildman–Crippen LogP) is 2.48. The van der Waals surface area contributed by atoms with E-state index in [9.17, 15) is 14.4 Å². The molecule has 13 heteroatoms. The van der Waals surface area contributed by atoms with Crippen LogP contribution in [0, 0.1) is 0 Å². The molecule has 1 aromatic carbocycles. The molecule has 0 bridgehead atoms. The van der Waals surface area contributed by atoms with Crippen molar-refractivity contribution in [1.82, 2.24) is 15.5 Å². The molecule has 0 aromatic heterocycles. The van der Waals surface area contributed by atoms with Crippen molar-refractivity contribution in [2.45, 2.75) is 27.6 Å². The van der Waals surface area contributed by atoms with Crippen molar-refractivity contribution in [3.8, 4) is 0 Å². The molecule has 32 heavy (non-hydrogen) atoms. The first-order chi connectivity index (χ1) is 15.1. The van der Waals surface area contributed by atoms with E-state index in [1.807, 2.05) is 17.0 Å². The number of hydrogen-bond donors (Lipinski definition) is 2. The lowest BCUT2D eigenvalue weighted by molar-refractivity contribution is -0.119. The summed E-state index contributed by atoms with van der Waals surface area (Å²) in [5.74, 6) is -0.183. The van der Waals surface area contributed by atoms with Crippen molar-refractivity contribution in [2.24, 2.45) is 0 Å². The van der Waals surface area contributed by atoms with Crippen molar-refractivity contribution < 1.29 is 23.5 Å². The minimum absolute atomic E-state index is 0.115. The van der Waals surface area contributed by atoms with Crippen LogP contribution in [0.25, 0.3) is 0 Å². The first kappa shape index (κ1) is 25.2. The van der Waals surface area contributed by atoms with Gasteiger partial charge in [0, 0.05) is 31.4 Å². The van der Waals surface area contributed by atoms with Crippen molar-refractivity contribution in [3.05, 3.63) is 24.3 Å². The molecule has 0 spiro atoms. The van der Waals surface area contributed by atoms with Crippen LogP contribution >= 0.6 is 47.8 Å². The number of anilines is 2. The van der Waals surface area contributed by atoms with E-state index in [1.165, 1.54) is 11.8 Å². The lowest BCUT2D eigenvalue weighted by atomic mass is 10.2. The van der Waals surface area contributed by atoms with E-state index in [2.05, 4.69) is 58.4 Å². The van der Waals surface area contributed by atoms with Crippen LogP contribution < -0.4 is 20.4 Å². The zero-order valence-electron chi connectivity index (χ0n) is 17.1. The van der Waals surface area contributed by atoms with Gasteiger partial charge in [-0.3, -0.25) is 14.5 Å². The zero-order chi connectivity index (χ0) is 23.5. The van der Waals surface area contributed by atoms with Crippen molar-refractivity contribution in [3.63, 3.8) is 0 Å². The van der Waals surface area contributed by atoms with Crippen LogP contribution in [0.15, 0.2) is 24.3 Å². The fourth-order valence-electron chi connectivity index (χ4n) is 3.66. The first-order valence-corrected chi connectivity index (χ1v) is 12.2. The number of ether oxygens (including phenoxy) is 1. The fourth-order valence-corrected chi connectivity index (χ4v) is 4.85. The molecule has 3 rings (SSSR count). The van der Waals surface area contributed by atoms with Crippen LogP contribution in [0.1, 0.15) is 6.92 Å². The number of carbonyl (C=O) groups is 3. The van der Waals surface area contributed by atoms with Crippen LogP contribution in [0.2, 0.25) is 0 Å². The first-order valence-electron chi connectivity index (χ1n) is 9.84. The van der Waals surface area contributed by atoms with E-state index >= 15 is 4.39 Å². The average molecular weight is 644 g/mol. The second-order valence-corrected chi connectivity index (χ2v) is 14.4. The number of hydrogen-bond acceptors (Lipinski definition) is 6. The quantitative estimate of drug-likeness (QED) is 0.270. The Morgan fingerprint density at radius 2 is 1.91 bits per heavy atom. The molecule has 2 heterocycles. The second-order valence-electron chi connectivity index (χ2n) is 7.42. The maximum Gasteiger partial charge on any atom is 0.414 e. The molecule has 0 radical (unpaired) electrons. The van der Waals surface area contributed by atoms with Gasteiger partial charge in [-0.1, -0.05) is 47.8 Å². The van der Waals surface area contributed by atoms with Gasteiger partial charge in [0.1, 0.15) is 12.3 Å². The molecular formula is C19H23Br3FN5O4. The Hall–Kier alpha value is -1.44. The van der Waals surface area contributed by atoms with E-state index in [0.717, 1.165) is 5.69 Å². The number of carbonyl (C=O) groups excluding carboxylic acids is 3. The fraction of sp³-hybridized carbons (Fsp3) is 0.526. The van der Waals surface area contributed by atoms with Gasteiger partial charge in [0.2, 0.25) is 12.3 Å². The van der Waals surface area contributed by atoms with Gasteiger partial charge in [-0.05, 0) is 24.3 Å². The number of piperazine rings is 1. The molecule has 0 saturated carbocycles. The molecule has 0 aliphatic carbocycles. The Morgan fingerprint density at radius 3 is 2.47 bits per heavy atom. The number of alkyl halides is 4. The summed E-state index contributed by atoms with van der Waals surface area (Å²) in [6, 6.07) is 7.23. The summed E-state index contributed by atoms with van der Waals surface area (Å²) in [6.45, 7) is 3.04. The summed E-state index contributed by atoms with van der Waals surface area (Å²) in [4.78, 5) is 39.2. The molecule has 1 aromatic rings. The standard InChI is InChI=1S/C19H23Br3FN5O4/c1-12(30)24-8-15-9-28(18(31)32-15)14-4-2-13(3-5-14)26-6-7-27(16(23)10-26)17(25-11-29)19(20,21)22/h2-5,11,15-17H,6-10H2,1H3,(H,24,30)(H,25,29)/t15?,16-,17?/m1/s1. The minimum atomic E-state index is -1.32. The third kappa shape index (κ3) is 6.12. The minimum Gasteiger partial charge on any atom is -0.442 e. The maximum atomic E-state index is 15.0. The van der Waals surface area contributed by atoms with E-state index in [4.69, 9.17) is 4.74 Å². The molecule has 2 aliphatic rings. The highest BCUT2D eigenvalue weighted by Crippen LogP contribution is 2.40. The summed E-state index contributed by atoms with van der Waals surface area (Å²) in [6.07, 6.45) is -2.32. The monoisotopic (exact) mass is 641 g/mol. The lowest BCUT2D eigenvalue weighted by Crippen LogP contribution is -2.62. The van der Waals surface area contributed by atoms with E-state index in [0.29, 0.717) is 31.7 Å². The van der Waals surface area contributed by atoms with E-state index in [-0.39, 0.29) is 19.0 Å². The van der Waals surface area contributed by atoms with Gasteiger partial charge < -0.3 is 20.3 Å². The third-order valence-corrected chi connectivity index (χ3v) is 6.51. The molecule has 2 unspecified atom stereocenters. The summed E-state index contributed by atoms with van der Waals surface area (Å²) < 4.78 is 19.4. The summed E-state index contributed by atoms with van der Waals surface area (Å²) in [7, 11) is 0. The van der Waals surface area contributed by atoms with Crippen molar-refractivity contribution in [1.29, 1.82) is 0 Å². The average Bonchev–Trinajstić information content (AvgIpc) is 3.11. The predicted molar refractivity (Wildman–Crippen MR) is 129 cm³/mol. The molecule has 2 fully saturated rings. The van der Waals surface area contributed by atoms with E-state index in [1.54, 1.807) is 17.0 Å². The molecule has 2 aliphatic heterocycles. The Bertz CT molecular complexity index is 841. The van der Waals surface area contributed by atoms with Gasteiger partial charge in [-0.2, -0.15) is 0 Å². The van der Waals surface area contributed by atoms with Crippen LogP contribution in [0.4, 0.5) is 20.6 Å². The van der Waals surface area contributed by atoms with Crippen LogP contribution in [0.3, 0.4) is 0 Å². The van der Waals surface area contributed by atoms with Crippen LogP contribution in [-0.4, -0.2) is 76.7 Å². The Kier molecular flexibility index (Phi) is 8.39. The molecule has 9 nitrogen and oxygen atoms in total. The molecule has 3 amide bonds. The topological polar surface area (TPSA) is 94.2 Å². The molecular weight excluding hydrogens is 621 g/mol. The van der Waals surface area contributed by atoms with Crippen LogP contribution in [0.5, 0.6) is 0 Å². The number of nitrogens with zero attached hydrogens (tertiary/aromatic N) is 3. The Balaban J connectivity index is 1.62. The number of cyclic esters (lactones) is 1. The summed E-state index contributed by atoms with van der Waals surface area (Å²) in [5, 5.41) is 5.26. The van der Waals surface area contributed by atoms with Crippen molar-refractivity contribution >= 4 is 77.6 Å². The maximum absolute atomic E-state index is 15.0. The molecule has 176 valence electrons. The smallest absolute Gasteiger partial charge is 0.414 e. The number of amides is 3. The summed E-state index contributed by atoms with van der Waals surface area (Å²) in [5.41, 5.74) is 1.48. The normalized spacial score (nSPS) is 23.0. The Morgan fingerprint density at radius 1 is 1.25 bits per heavy atom. The molecule has 2 N–H and O–H groups in total. The Labute approximate surface area is 210 Å². The number of benzene rings is 1. The number of nitrogens with one attached hydrogen (secondary N) is 2. The van der Waals surface area contributed by atoms with Crippen molar-refractivity contribution in [2.75, 3.05) is 42.5 Å². The van der Waals surface area contributed by atoms with Crippen LogP contribution in [-0.2, 0) is 14.3 Å². The molecule has 3 atom stereocenters. The highest BCUT2D eigenvalue weighted by Gasteiger charge is 2.41. The molecule has 2 saturated heterocycles. The SMILES string of the molecule is CC(=O)NCC1CN(c2ccc(N3CCN(C(NC=O)C(Br)(Br)Br)[C@@H](F)C3)cc2)C(=O)O1. The van der Waals surface area contributed by atoms with Gasteiger partial charge in [0.25, 0.3) is 0 Å².